The Morgan fingerprint density at radius 1 is 1.35 bits per heavy atom. The number of benzene rings is 1. The number of nitrogens with zero attached hydrogens (tertiary/aromatic N) is 1. The Morgan fingerprint density at radius 3 is 2.60 bits per heavy atom. The molecule has 0 fully saturated rings. The van der Waals surface area contributed by atoms with Gasteiger partial charge in [0.15, 0.2) is 0 Å². The standard InChI is InChI=1S/C13H13BrFNO2S2/c1-9-5-11(15)3-4-13(9)20(17,18)16(2)7-12-6-10(14)8-19-12/h3-6,8H,7H2,1-2H3. The molecule has 2 aromatic rings. The van der Waals surface area contributed by atoms with Crippen molar-refractivity contribution in [3.8, 4) is 0 Å². The Hall–Kier alpha value is -0.760. The summed E-state index contributed by atoms with van der Waals surface area (Å²) in [5.41, 5.74) is 0.407. The molecule has 0 unspecified atom stereocenters. The molecule has 0 bridgehead atoms. The van der Waals surface area contributed by atoms with E-state index in [2.05, 4.69) is 15.9 Å². The van der Waals surface area contributed by atoms with Crippen LogP contribution in [-0.2, 0) is 16.6 Å². The first-order chi connectivity index (χ1) is 9.30. The van der Waals surface area contributed by atoms with Gasteiger partial charge in [0, 0.05) is 28.3 Å². The molecular weight excluding hydrogens is 365 g/mol. The van der Waals surface area contributed by atoms with Gasteiger partial charge in [-0.2, -0.15) is 4.31 Å². The summed E-state index contributed by atoms with van der Waals surface area (Å²) >= 11 is 4.82. The maximum atomic E-state index is 13.1. The lowest BCUT2D eigenvalue weighted by molar-refractivity contribution is 0.469. The first-order valence-corrected chi connectivity index (χ1v) is 8.87. The molecule has 7 heteroatoms. The summed E-state index contributed by atoms with van der Waals surface area (Å²) in [6.07, 6.45) is 0. The molecule has 0 aliphatic rings. The molecule has 1 aromatic heterocycles. The molecule has 0 atom stereocenters. The quantitative estimate of drug-likeness (QED) is 0.812. The van der Waals surface area contributed by atoms with Gasteiger partial charge in [0.25, 0.3) is 0 Å². The first-order valence-electron chi connectivity index (χ1n) is 5.76. The minimum atomic E-state index is -3.62. The van der Waals surface area contributed by atoms with Gasteiger partial charge >= 0.3 is 0 Å². The fourth-order valence-electron chi connectivity index (χ4n) is 1.81. The van der Waals surface area contributed by atoms with Gasteiger partial charge in [0.2, 0.25) is 10.0 Å². The summed E-state index contributed by atoms with van der Waals surface area (Å²) in [4.78, 5) is 1.07. The lowest BCUT2D eigenvalue weighted by atomic mass is 10.2. The molecule has 2 rings (SSSR count). The van der Waals surface area contributed by atoms with E-state index >= 15 is 0 Å². The highest BCUT2D eigenvalue weighted by Crippen LogP contribution is 2.25. The van der Waals surface area contributed by atoms with Crippen LogP contribution in [0.5, 0.6) is 0 Å². The zero-order valence-corrected chi connectivity index (χ0v) is 14.1. The van der Waals surface area contributed by atoms with Gasteiger partial charge in [-0.3, -0.25) is 0 Å². The summed E-state index contributed by atoms with van der Waals surface area (Å²) in [7, 11) is -2.10. The van der Waals surface area contributed by atoms with Crippen molar-refractivity contribution in [3.63, 3.8) is 0 Å². The highest BCUT2D eigenvalue weighted by atomic mass is 79.9. The van der Waals surface area contributed by atoms with Crippen LogP contribution >= 0.6 is 27.3 Å². The lowest BCUT2D eigenvalue weighted by Crippen LogP contribution is -2.26. The summed E-state index contributed by atoms with van der Waals surface area (Å²) in [5, 5.41) is 1.90. The van der Waals surface area contributed by atoms with E-state index in [1.54, 1.807) is 6.92 Å². The number of hydrogen-bond acceptors (Lipinski definition) is 3. The lowest BCUT2D eigenvalue weighted by Gasteiger charge is -2.17. The van der Waals surface area contributed by atoms with Crippen LogP contribution in [0.15, 0.2) is 39.0 Å². The van der Waals surface area contributed by atoms with Crippen molar-refractivity contribution in [2.45, 2.75) is 18.4 Å². The van der Waals surface area contributed by atoms with E-state index in [1.807, 2.05) is 11.4 Å². The molecule has 20 heavy (non-hydrogen) atoms. The molecule has 0 radical (unpaired) electrons. The van der Waals surface area contributed by atoms with E-state index in [0.29, 0.717) is 5.56 Å². The molecule has 0 spiro atoms. The van der Waals surface area contributed by atoms with Crippen molar-refractivity contribution < 1.29 is 12.8 Å². The molecule has 108 valence electrons. The summed E-state index contributed by atoms with van der Waals surface area (Å²) < 4.78 is 40.2. The number of aryl methyl sites for hydroxylation is 1. The minimum Gasteiger partial charge on any atom is -0.207 e. The third kappa shape index (κ3) is 3.28. The van der Waals surface area contributed by atoms with Gasteiger partial charge in [-0.05, 0) is 52.7 Å². The zero-order chi connectivity index (χ0) is 14.9. The predicted octanol–water partition coefficient (Wildman–Crippen LogP) is 3.78. The average molecular weight is 378 g/mol. The molecule has 1 aromatic carbocycles. The van der Waals surface area contributed by atoms with Crippen molar-refractivity contribution in [3.05, 3.63) is 50.4 Å². The van der Waals surface area contributed by atoms with Crippen LogP contribution in [0, 0.1) is 12.7 Å². The van der Waals surface area contributed by atoms with E-state index in [-0.39, 0.29) is 11.4 Å². The zero-order valence-electron chi connectivity index (χ0n) is 10.9. The van der Waals surface area contributed by atoms with Crippen LogP contribution < -0.4 is 0 Å². The third-order valence-electron chi connectivity index (χ3n) is 2.83. The van der Waals surface area contributed by atoms with Gasteiger partial charge in [0.05, 0.1) is 4.90 Å². The van der Waals surface area contributed by atoms with Crippen molar-refractivity contribution in [1.82, 2.24) is 4.31 Å². The van der Waals surface area contributed by atoms with E-state index in [9.17, 15) is 12.8 Å². The number of thiophene rings is 1. The van der Waals surface area contributed by atoms with E-state index < -0.39 is 15.8 Å². The molecule has 0 saturated heterocycles. The second-order valence-corrected chi connectivity index (χ2v) is 8.33. The van der Waals surface area contributed by atoms with Gasteiger partial charge < -0.3 is 0 Å². The minimum absolute atomic E-state index is 0.136. The van der Waals surface area contributed by atoms with Gasteiger partial charge in [-0.15, -0.1) is 11.3 Å². The topological polar surface area (TPSA) is 37.4 Å². The van der Waals surface area contributed by atoms with Crippen molar-refractivity contribution in [2.24, 2.45) is 0 Å². The summed E-state index contributed by atoms with van der Waals surface area (Å²) in [5.74, 6) is -0.439. The Kier molecular flexibility index (Phi) is 4.63. The normalized spacial score (nSPS) is 12.1. The van der Waals surface area contributed by atoms with Crippen LogP contribution in [-0.4, -0.2) is 19.8 Å². The van der Waals surface area contributed by atoms with E-state index in [1.165, 1.54) is 34.8 Å². The van der Waals surface area contributed by atoms with E-state index in [0.717, 1.165) is 15.4 Å². The largest absolute Gasteiger partial charge is 0.243 e. The van der Waals surface area contributed by atoms with Crippen LogP contribution in [0.25, 0.3) is 0 Å². The Bertz CT molecular complexity index is 728. The second kappa shape index (κ2) is 5.93. The molecule has 0 aliphatic heterocycles. The molecular formula is C13H13BrFNO2S2. The van der Waals surface area contributed by atoms with Crippen molar-refractivity contribution in [1.29, 1.82) is 0 Å². The first kappa shape index (κ1) is 15.6. The number of halogens is 2. The van der Waals surface area contributed by atoms with Crippen LogP contribution in [0.1, 0.15) is 10.4 Å². The fourth-order valence-corrected chi connectivity index (χ4v) is 4.75. The Morgan fingerprint density at radius 2 is 2.05 bits per heavy atom. The Balaban J connectivity index is 2.29. The number of sulfonamides is 1. The van der Waals surface area contributed by atoms with Crippen LogP contribution in [0.2, 0.25) is 0 Å². The van der Waals surface area contributed by atoms with Crippen LogP contribution in [0.3, 0.4) is 0 Å². The molecule has 0 saturated carbocycles. The van der Waals surface area contributed by atoms with Gasteiger partial charge in [0.1, 0.15) is 5.82 Å². The van der Waals surface area contributed by atoms with Gasteiger partial charge in [-0.25, -0.2) is 12.8 Å². The van der Waals surface area contributed by atoms with Crippen molar-refractivity contribution >= 4 is 37.3 Å². The SMILES string of the molecule is Cc1cc(F)ccc1S(=O)(=O)N(C)Cc1cc(Br)cs1. The fraction of sp³-hybridized carbons (Fsp3) is 0.231. The van der Waals surface area contributed by atoms with Gasteiger partial charge in [-0.1, -0.05) is 0 Å². The summed E-state index contributed by atoms with van der Waals surface area (Å²) in [6, 6.07) is 5.58. The molecule has 0 amide bonds. The highest BCUT2D eigenvalue weighted by Gasteiger charge is 2.23. The average Bonchev–Trinajstić information content (AvgIpc) is 2.74. The van der Waals surface area contributed by atoms with Crippen molar-refractivity contribution in [2.75, 3.05) is 7.05 Å². The molecule has 3 nitrogen and oxygen atoms in total. The maximum absolute atomic E-state index is 13.1. The van der Waals surface area contributed by atoms with Crippen LogP contribution in [0.4, 0.5) is 4.39 Å². The monoisotopic (exact) mass is 377 g/mol. The number of rotatable bonds is 4. The molecule has 0 N–H and O–H groups in total. The van der Waals surface area contributed by atoms with E-state index in [4.69, 9.17) is 0 Å². The molecule has 0 aliphatic carbocycles. The number of hydrogen-bond donors (Lipinski definition) is 0. The second-order valence-electron chi connectivity index (χ2n) is 4.40. The predicted molar refractivity (Wildman–Crippen MR) is 81.8 cm³/mol. The molecule has 1 heterocycles. The summed E-state index contributed by atoms with van der Waals surface area (Å²) in [6.45, 7) is 1.88. The third-order valence-corrected chi connectivity index (χ3v) is 6.47. The maximum Gasteiger partial charge on any atom is 0.243 e. The highest BCUT2D eigenvalue weighted by molar-refractivity contribution is 9.10. The Labute approximate surface area is 130 Å². The smallest absolute Gasteiger partial charge is 0.207 e.